The van der Waals surface area contributed by atoms with Gasteiger partial charge in [-0.2, -0.15) is 0 Å². The first-order valence-corrected chi connectivity index (χ1v) is 7.37. The van der Waals surface area contributed by atoms with Gasteiger partial charge in [0.15, 0.2) is 0 Å². The van der Waals surface area contributed by atoms with Gasteiger partial charge in [-0.05, 0) is 35.7 Å². The maximum atomic E-state index is 3.26. The third-order valence-electron chi connectivity index (χ3n) is 4.09. The van der Waals surface area contributed by atoms with Crippen LogP contribution in [0.15, 0.2) is 48.5 Å². The van der Waals surface area contributed by atoms with Gasteiger partial charge in [0, 0.05) is 26.2 Å². The van der Waals surface area contributed by atoms with E-state index in [-0.39, 0.29) is 0 Å². The molecule has 104 valence electrons. The lowest BCUT2D eigenvalue weighted by atomic mass is 9.99. The molecule has 0 aliphatic carbocycles. The summed E-state index contributed by atoms with van der Waals surface area (Å²) in [6, 6.07) is 17.6. The number of hydrogen-bond donors (Lipinski definition) is 1. The third kappa shape index (κ3) is 2.92. The highest BCUT2D eigenvalue weighted by atomic mass is 15.1. The summed E-state index contributed by atoms with van der Waals surface area (Å²) >= 11 is 0. The molecule has 2 heteroatoms. The van der Waals surface area contributed by atoms with Gasteiger partial charge in [0.1, 0.15) is 0 Å². The molecule has 0 amide bonds. The van der Waals surface area contributed by atoms with Gasteiger partial charge in [0.05, 0.1) is 0 Å². The summed E-state index contributed by atoms with van der Waals surface area (Å²) < 4.78 is 0. The smallest absolute Gasteiger partial charge is 0.0240 e. The molecule has 0 saturated heterocycles. The van der Waals surface area contributed by atoms with Crippen LogP contribution in [-0.2, 0) is 26.1 Å². The zero-order valence-electron chi connectivity index (χ0n) is 12.1. The van der Waals surface area contributed by atoms with Gasteiger partial charge in [-0.15, -0.1) is 0 Å². The molecule has 2 aromatic rings. The van der Waals surface area contributed by atoms with Gasteiger partial charge in [-0.25, -0.2) is 0 Å². The highest BCUT2D eigenvalue weighted by Crippen LogP contribution is 2.21. The quantitative estimate of drug-likeness (QED) is 0.915. The van der Waals surface area contributed by atoms with Crippen LogP contribution in [0.2, 0.25) is 0 Å². The van der Waals surface area contributed by atoms with Crippen molar-refractivity contribution in [2.75, 3.05) is 13.6 Å². The van der Waals surface area contributed by atoms with Gasteiger partial charge < -0.3 is 5.32 Å². The van der Waals surface area contributed by atoms with Crippen molar-refractivity contribution in [2.45, 2.75) is 26.1 Å². The Bertz CT molecular complexity index is 577. The van der Waals surface area contributed by atoms with Crippen LogP contribution in [0.1, 0.15) is 22.3 Å². The number of hydrogen-bond acceptors (Lipinski definition) is 2. The molecule has 3 rings (SSSR count). The van der Waals surface area contributed by atoms with E-state index in [4.69, 9.17) is 0 Å². The van der Waals surface area contributed by atoms with Gasteiger partial charge in [0.2, 0.25) is 0 Å². The molecule has 1 N–H and O–H groups in total. The third-order valence-corrected chi connectivity index (χ3v) is 4.09. The molecule has 0 radical (unpaired) electrons. The van der Waals surface area contributed by atoms with Crippen molar-refractivity contribution in [1.82, 2.24) is 10.2 Å². The molecule has 0 saturated carbocycles. The lowest BCUT2D eigenvalue weighted by Gasteiger charge is -2.29. The predicted molar refractivity (Wildman–Crippen MR) is 83.5 cm³/mol. The number of benzene rings is 2. The average molecular weight is 266 g/mol. The molecule has 1 heterocycles. The number of fused-ring (bicyclic) bond motifs is 1. The first kappa shape index (κ1) is 13.3. The number of nitrogens with one attached hydrogen (secondary N) is 1. The van der Waals surface area contributed by atoms with E-state index in [2.05, 4.69) is 58.7 Å². The molecule has 0 atom stereocenters. The van der Waals surface area contributed by atoms with Gasteiger partial charge in [0.25, 0.3) is 0 Å². The van der Waals surface area contributed by atoms with E-state index >= 15 is 0 Å². The first-order chi connectivity index (χ1) is 9.86. The molecule has 0 spiro atoms. The van der Waals surface area contributed by atoms with Crippen molar-refractivity contribution < 1.29 is 0 Å². The van der Waals surface area contributed by atoms with Crippen LogP contribution in [0.25, 0.3) is 0 Å². The van der Waals surface area contributed by atoms with Crippen LogP contribution in [0.4, 0.5) is 0 Å². The van der Waals surface area contributed by atoms with Gasteiger partial charge in [-0.1, -0.05) is 48.5 Å². The van der Waals surface area contributed by atoms with Gasteiger partial charge in [-0.3, -0.25) is 4.90 Å². The van der Waals surface area contributed by atoms with Crippen LogP contribution in [0.3, 0.4) is 0 Å². The largest absolute Gasteiger partial charge is 0.316 e. The lowest BCUT2D eigenvalue weighted by molar-refractivity contribution is 0.245. The summed E-state index contributed by atoms with van der Waals surface area (Å²) in [4.78, 5) is 2.55. The van der Waals surface area contributed by atoms with E-state index in [1.54, 1.807) is 0 Å². The molecule has 1 aliphatic rings. The molecular formula is C18H22N2. The standard InChI is InChI=1S/C18H22N2/c1-19-12-16-7-3-5-9-18(16)14-20-11-10-15-6-2-4-8-17(15)13-20/h2-9,19H,10-14H2,1H3. The fourth-order valence-electron chi connectivity index (χ4n) is 3.00. The fourth-order valence-corrected chi connectivity index (χ4v) is 3.00. The Labute approximate surface area is 121 Å². The highest BCUT2D eigenvalue weighted by Gasteiger charge is 2.16. The number of nitrogens with zero attached hydrogens (tertiary/aromatic N) is 1. The Morgan fingerprint density at radius 2 is 1.65 bits per heavy atom. The van der Waals surface area contributed by atoms with E-state index in [1.165, 1.54) is 28.7 Å². The van der Waals surface area contributed by atoms with E-state index in [0.29, 0.717) is 0 Å². The lowest BCUT2D eigenvalue weighted by Crippen LogP contribution is -2.30. The minimum atomic E-state index is 0.945. The molecule has 0 bridgehead atoms. The summed E-state index contributed by atoms with van der Waals surface area (Å²) in [7, 11) is 2.01. The molecule has 0 aromatic heterocycles. The minimum absolute atomic E-state index is 0.945. The van der Waals surface area contributed by atoms with Crippen molar-refractivity contribution in [3.63, 3.8) is 0 Å². The fraction of sp³-hybridized carbons (Fsp3) is 0.333. The Morgan fingerprint density at radius 3 is 2.45 bits per heavy atom. The SMILES string of the molecule is CNCc1ccccc1CN1CCc2ccccc2C1. The molecule has 0 unspecified atom stereocenters. The Hall–Kier alpha value is -1.64. The van der Waals surface area contributed by atoms with Crippen molar-refractivity contribution in [3.8, 4) is 0 Å². The van der Waals surface area contributed by atoms with Gasteiger partial charge >= 0.3 is 0 Å². The van der Waals surface area contributed by atoms with Crippen LogP contribution >= 0.6 is 0 Å². The topological polar surface area (TPSA) is 15.3 Å². The van der Waals surface area contributed by atoms with E-state index in [0.717, 1.165) is 26.2 Å². The van der Waals surface area contributed by atoms with Crippen LogP contribution in [-0.4, -0.2) is 18.5 Å². The maximum Gasteiger partial charge on any atom is 0.0240 e. The van der Waals surface area contributed by atoms with E-state index < -0.39 is 0 Å². The second-order valence-corrected chi connectivity index (χ2v) is 5.53. The molecule has 0 fully saturated rings. The Balaban J connectivity index is 1.74. The molecule has 2 aromatic carbocycles. The molecule has 1 aliphatic heterocycles. The van der Waals surface area contributed by atoms with Crippen molar-refractivity contribution >= 4 is 0 Å². The molecule has 20 heavy (non-hydrogen) atoms. The highest BCUT2D eigenvalue weighted by molar-refractivity contribution is 5.30. The van der Waals surface area contributed by atoms with Crippen LogP contribution < -0.4 is 5.32 Å². The second kappa shape index (κ2) is 6.21. The van der Waals surface area contributed by atoms with E-state index in [9.17, 15) is 0 Å². The monoisotopic (exact) mass is 266 g/mol. The minimum Gasteiger partial charge on any atom is -0.316 e. The Morgan fingerprint density at radius 1 is 0.950 bits per heavy atom. The summed E-state index contributed by atoms with van der Waals surface area (Å²) in [5.74, 6) is 0. The summed E-state index contributed by atoms with van der Waals surface area (Å²) in [5, 5.41) is 3.26. The zero-order valence-corrected chi connectivity index (χ0v) is 12.1. The summed E-state index contributed by atoms with van der Waals surface area (Å²) in [6.45, 7) is 4.22. The zero-order chi connectivity index (χ0) is 13.8. The Kier molecular flexibility index (Phi) is 4.14. The number of rotatable bonds is 4. The second-order valence-electron chi connectivity index (χ2n) is 5.53. The molecule has 2 nitrogen and oxygen atoms in total. The van der Waals surface area contributed by atoms with Crippen molar-refractivity contribution in [2.24, 2.45) is 0 Å². The predicted octanol–water partition coefficient (Wildman–Crippen LogP) is 2.96. The van der Waals surface area contributed by atoms with Crippen molar-refractivity contribution in [3.05, 3.63) is 70.8 Å². The summed E-state index contributed by atoms with van der Waals surface area (Å²) in [5.41, 5.74) is 5.87. The van der Waals surface area contributed by atoms with E-state index in [1.807, 2.05) is 7.05 Å². The van der Waals surface area contributed by atoms with Crippen LogP contribution in [0, 0.1) is 0 Å². The van der Waals surface area contributed by atoms with Crippen molar-refractivity contribution in [1.29, 1.82) is 0 Å². The maximum absolute atomic E-state index is 3.26. The van der Waals surface area contributed by atoms with Crippen LogP contribution in [0.5, 0.6) is 0 Å². The molecular weight excluding hydrogens is 244 g/mol. The summed E-state index contributed by atoms with van der Waals surface area (Å²) in [6.07, 6.45) is 1.17. The normalized spacial score (nSPS) is 15.1. The first-order valence-electron chi connectivity index (χ1n) is 7.37. The average Bonchev–Trinajstić information content (AvgIpc) is 2.49.